The van der Waals surface area contributed by atoms with Crippen molar-refractivity contribution in [3.05, 3.63) is 71.8 Å². The molecule has 0 unspecified atom stereocenters. The standard InChI is InChI=1S/C20H26N2O2/c21-13-15-22(14-11-18-7-3-1-4-8-18)20(23)12-16-24-17-19-9-5-2-6-10-19/h1-10H,11-17,21H2. The molecule has 0 aliphatic rings. The molecule has 4 heteroatoms. The first kappa shape index (κ1) is 18.2. The van der Waals surface area contributed by atoms with Crippen molar-refractivity contribution in [3.63, 3.8) is 0 Å². The second-order valence-electron chi connectivity index (χ2n) is 5.69. The van der Waals surface area contributed by atoms with Crippen LogP contribution in [0.1, 0.15) is 17.5 Å². The van der Waals surface area contributed by atoms with Crippen LogP contribution in [0.25, 0.3) is 0 Å². The maximum absolute atomic E-state index is 12.4. The predicted molar refractivity (Wildman–Crippen MR) is 96.5 cm³/mol. The van der Waals surface area contributed by atoms with Crippen LogP contribution in [0.5, 0.6) is 0 Å². The number of nitrogens with two attached hydrogens (primary N) is 1. The highest BCUT2D eigenvalue weighted by molar-refractivity contribution is 5.76. The Labute approximate surface area is 144 Å². The Morgan fingerprint density at radius 1 is 0.917 bits per heavy atom. The van der Waals surface area contributed by atoms with E-state index in [1.807, 2.05) is 53.4 Å². The monoisotopic (exact) mass is 326 g/mol. The van der Waals surface area contributed by atoms with Gasteiger partial charge in [-0.1, -0.05) is 60.7 Å². The first-order valence-electron chi connectivity index (χ1n) is 8.43. The van der Waals surface area contributed by atoms with E-state index in [-0.39, 0.29) is 5.91 Å². The summed E-state index contributed by atoms with van der Waals surface area (Å²) in [4.78, 5) is 14.2. The summed E-state index contributed by atoms with van der Waals surface area (Å²) < 4.78 is 5.60. The van der Waals surface area contributed by atoms with Gasteiger partial charge < -0.3 is 15.4 Å². The largest absolute Gasteiger partial charge is 0.376 e. The molecule has 1 amide bonds. The topological polar surface area (TPSA) is 55.6 Å². The highest BCUT2D eigenvalue weighted by Gasteiger charge is 2.12. The van der Waals surface area contributed by atoms with Crippen LogP contribution in [-0.2, 0) is 22.6 Å². The number of ether oxygens (including phenoxy) is 1. The smallest absolute Gasteiger partial charge is 0.224 e. The molecule has 0 radical (unpaired) electrons. The number of nitrogens with zero attached hydrogens (tertiary/aromatic N) is 1. The number of carbonyl (C=O) groups excluding carboxylic acids is 1. The zero-order chi connectivity index (χ0) is 17.0. The maximum Gasteiger partial charge on any atom is 0.224 e. The highest BCUT2D eigenvalue weighted by atomic mass is 16.5. The van der Waals surface area contributed by atoms with Gasteiger partial charge in [0.25, 0.3) is 0 Å². The van der Waals surface area contributed by atoms with E-state index >= 15 is 0 Å². The van der Waals surface area contributed by atoms with E-state index in [0.717, 1.165) is 12.0 Å². The lowest BCUT2D eigenvalue weighted by atomic mass is 10.1. The Hall–Kier alpha value is -2.17. The molecule has 2 aromatic rings. The molecule has 0 spiro atoms. The van der Waals surface area contributed by atoms with Crippen molar-refractivity contribution in [1.29, 1.82) is 0 Å². The average molecular weight is 326 g/mol. The summed E-state index contributed by atoms with van der Waals surface area (Å²) in [5.41, 5.74) is 7.99. The number of hydrogen-bond donors (Lipinski definition) is 1. The lowest BCUT2D eigenvalue weighted by Gasteiger charge is -2.22. The molecule has 2 rings (SSSR count). The molecular formula is C20H26N2O2. The summed E-state index contributed by atoms with van der Waals surface area (Å²) in [6, 6.07) is 20.2. The Morgan fingerprint density at radius 2 is 1.54 bits per heavy atom. The summed E-state index contributed by atoms with van der Waals surface area (Å²) in [7, 11) is 0. The highest BCUT2D eigenvalue weighted by Crippen LogP contribution is 2.04. The number of hydrogen-bond acceptors (Lipinski definition) is 3. The van der Waals surface area contributed by atoms with Gasteiger partial charge in [0, 0.05) is 19.6 Å². The van der Waals surface area contributed by atoms with Gasteiger partial charge in [-0.15, -0.1) is 0 Å². The molecule has 0 atom stereocenters. The Balaban J connectivity index is 1.72. The summed E-state index contributed by atoms with van der Waals surface area (Å²) in [5.74, 6) is 0.101. The van der Waals surface area contributed by atoms with E-state index in [9.17, 15) is 4.79 Å². The average Bonchev–Trinajstić information content (AvgIpc) is 2.64. The van der Waals surface area contributed by atoms with Gasteiger partial charge in [-0.25, -0.2) is 0 Å². The van der Waals surface area contributed by atoms with E-state index in [2.05, 4.69) is 12.1 Å². The molecule has 4 nitrogen and oxygen atoms in total. The molecule has 0 bridgehead atoms. The fraction of sp³-hybridized carbons (Fsp3) is 0.350. The summed E-state index contributed by atoms with van der Waals surface area (Å²) >= 11 is 0. The lowest BCUT2D eigenvalue weighted by molar-refractivity contribution is -0.132. The van der Waals surface area contributed by atoms with Crippen LogP contribution in [0.2, 0.25) is 0 Å². The molecule has 2 N–H and O–H groups in total. The number of benzene rings is 2. The normalized spacial score (nSPS) is 10.5. The molecule has 0 saturated heterocycles. The van der Waals surface area contributed by atoms with Crippen LogP contribution in [0.4, 0.5) is 0 Å². The second-order valence-corrected chi connectivity index (χ2v) is 5.69. The minimum atomic E-state index is 0.101. The molecular weight excluding hydrogens is 300 g/mol. The number of amides is 1. The fourth-order valence-corrected chi connectivity index (χ4v) is 2.51. The van der Waals surface area contributed by atoms with Crippen molar-refractivity contribution in [1.82, 2.24) is 4.90 Å². The summed E-state index contributed by atoms with van der Waals surface area (Å²) in [6.45, 7) is 2.73. The SMILES string of the molecule is NCCN(CCc1ccccc1)C(=O)CCOCc1ccccc1. The zero-order valence-electron chi connectivity index (χ0n) is 14.1. The zero-order valence-corrected chi connectivity index (χ0v) is 14.1. The minimum absolute atomic E-state index is 0.101. The van der Waals surface area contributed by atoms with Gasteiger partial charge >= 0.3 is 0 Å². The van der Waals surface area contributed by atoms with Gasteiger partial charge in [0.05, 0.1) is 19.6 Å². The first-order valence-corrected chi connectivity index (χ1v) is 8.43. The van der Waals surface area contributed by atoms with Gasteiger partial charge in [-0.3, -0.25) is 4.79 Å². The van der Waals surface area contributed by atoms with Crippen molar-refractivity contribution < 1.29 is 9.53 Å². The third kappa shape index (κ3) is 6.52. The van der Waals surface area contributed by atoms with Crippen molar-refractivity contribution in [2.75, 3.05) is 26.2 Å². The fourth-order valence-electron chi connectivity index (χ4n) is 2.51. The lowest BCUT2D eigenvalue weighted by Crippen LogP contribution is -2.37. The minimum Gasteiger partial charge on any atom is -0.376 e. The molecule has 0 aliphatic heterocycles. The van der Waals surface area contributed by atoms with Gasteiger partial charge in [0.15, 0.2) is 0 Å². The van der Waals surface area contributed by atoms with E-state index in [1.54, 1.807) is 0 Å². The number of rotatable bonds is 10. The molecule has 0 fully saturated rings. The van der Waals surface area contributed by atoms with Crippen molar-refractivity contribution >= 4 is 5.91 Å². The summed E-state index contributed by atoms with van der Waals surface area (Å²) in [6.07, 6.45) is 1.24. The van der Waals surface area contributed by atoms with E-state index in [4.69, 9.17) is 10.5 Å². The van der Waals surface area contributed by atoms with E-state index < -0.39 is 0 Å². The maximum atomic E-state index is 12.4. The van der Waals surface area contributed by atoms with Crippen LogP contribution in [0.3, 0.4) is 0 Å². The molecule has 128 valence electrons. The molecule has 0 aromatic heterocycles. The van der Waals surface area contributed by atoms with E-state index in [0.29, 0.717) is 39.3 Å². The second kappa shape index (κ2) is 10.6. The van der Waals surface area contributed by atoms with Gasteiger partial charge in [0.2, 0.25) is 5.91 Å². The predicted octanol–water partition coefficient (Wildman–Crippen LogP) is 2.62. The van der Waals surface area contributed by atoms with Crippen LogP contribution in [0, 0.1) is 0 Å². The quantitative estimate of drug-likeness (QED) is 0.683. The third-order valence-electron chi connectivity index (χ3n) is 3.84. The number of carbonyl (C=O) groups is 1. The van der Waals surface area contributed by atoms with Crippen LogP contribution in [0.15, 0.2) is 60.7 Å². The third-order valence-corrected chi connectivity index (χ3v) is 3.84. The molecule has 24 heavy (non-hydrogen) atoms. The Kier molecular flexibility index (Phi) is 8.01. The van der Waals surface area contributed by atoms with Gasteiger partial charge in [-0.2, -0.15) is 0 Å². The van der Waals surface area contributed by atoms with Gasteiger partial charge in [0.1, 0.15) is 0 Å². The van der Waals surface area contributed by atoms with Gasteiger partial charge in [-0.05, 0) is 17.5 Å². The van der Waals surface area contributed by atoms with Crippen LogP contribution >= 0.6 is 0 Å². The molecule has 2 aromatic carbocycles. The van der Waals surface area contributed by atoms with E-state index in [1.165, 1.54) is 5.56 Å². The van der Waals surface area contributed by atoms with Crippen LogP contribution in [-0.4, -0.2) is 37.0 Å². The molecule has 0 heterocycles. The first-order chi connectivity index (χ1) is 11.8. The summed E-state index contributed by atoms with van der Waals surface area (Å²) in [5, 5.41) is 0. The Morgan fingerprint density at radius 3 is 2.17 bits per heavy atom. The van der Waals surface area contributed by atoms with Crippen molar-refractivity contribution in [3.8, 4) is 0 Å². The van der Waals surface area contributed by atoms with Crippen molar-refractivity contribution in [2.45, 2.75) is 19.4 Å². The van der Waals surface area contributed by atoms with Crippen LogP contribution < -0.4 is 5.73 Å². The van der Waals surface area contributed by atoms with Crippen molar-refractivity contribution in [2.24, 2.45) is 5.73 Å². The molecule has 0 saturated carbocycles. The Bertz CT molecular complexity index is 587. The molecule has 0 aliphatic carbocycles.